The van der Waals surface area contributed by atoms with Gasteiger partial charge in [-0.2, -0.15) is 0 Å². The Bertz CT molecular complexity index is 720. The molecule has 1 aromatic heterocycles. The lowest BCUT2D eigenvalue weighted by atomic mass is 9.97. The van der Waals surface area contributed by atoms with Gasteiger partial charge in [0, 0.05) is 5.56 Å². The molecule has 1 unspecified atom stereocenters. The molecule has 3 rings (SSSR count). The standard InChI is InChI=1S/C15H14N2O4/c1-8-13-9-5-3-4-6-10(9)15(19)16-11(7-12(18)20-2)14(13)21-17-8/h3-6,11H,7H2,1-2H3,(H,16,19). The number of carbonyl (C=O) groups excluding carboxylic acids is 2. The third-order valence-electron chi connectivity index (χ3n) is 3.55. The van der Waals surface area contributed by atoms with Crippen molar-refractivity contribution < 1.29 is 18.8 Å². The average molecular weight is 286 g/mol. The van der Waals surface area contributed by atoms with E-state index in [1.807, 2.05) is 19.1 Å². The molecule has 0 fully saturated rings. The van der Waals surface area contributed by atoms with Gasteiger partial charge in [0.15, 0.2) is 5.76 Å². The second-order valence-electron chi connectivity index (χ2n) is 4.86. The van der Waals surface area contributed by atoms with Gasteiger partial charge in [-0.15, -0.1) is 0 Å². The molecule has 1 atom stereocenters. The molecule has 0 spiro atoms. The number of aryl methyl sites for hydroxylation is 1. The zero-order chi connectivity index (χ0) is 15.0. The van der Waals surface area contributed by atoms with E-state index in [1.54, 1.807) is 12.1 Å². The van der Waals surface area contributed by atoms with Crippen LogP contribution in [0.1, 0.15) is 34.3 Å². The van der Waals surface area contributed by atoms with Crippen LogP contribution in [0.2, 0.25) is 0 Å². The molecule has 21 heavy (non-hydrogen) atoms. The van der Waals surface area contributed by atoms with Gasteiger partial charge in [0.25, 0.3) is 5.91 Å². The summed E-state index contributed by atoms with van der Waals surface area (Å²) in [5.41, 5.74) is 2.75. The Kier molecular flexibility index (Phi) is 3.21. The second-order valence-corrected chi connectivity index (χ2v) is 4.86. The minimum absolute atomic E-state index is 0.00212. The Balaban J connectivity index is 2.15. The Morgan fingerprint density at radius 2 is 2.10 bits per heavy atom. The van der Waals surface area contributed by atoms with Gasteiger partial charge < -0.3 is 14.6 Å². The van der Waals surface area contributed by atoms with Crippen LogP contribution < -0.4 is 5.32 Å². The molecule has 108 valence electrons. The maximum Gasteiger partial charge on any atom is 0.308 e. The molecule has 1 aliphatic heterocycles. The molecule has 1 amide bonds. The van der Waals surface area contributed by atoms with Crippen LogP contribution in [0.4, 0.5) is 0 Å². The number of rotatable bonds is 2. The van der Waals surface area contributed by atoms with Gasteiger partial charge in [-0.3, -0.25) is 9.59 Å². The third kappa shape index (κ3) is 2.18. The van der Waals surface area contributed by atoms with E-state index in [-0.39, 0.29) is 12.3 Å². The first-order chi connectivity index (χ1) is 10.1. The molecule has 2 aromatic rings. The first-order valence-electron chi connectivity index (χ1n) is 6.55. The zero-order valence-corrected chi connectivity index (χ0v) is 11.7. The highest BCUT2D eigenvalue weighted by Crippen LogP contribution is 2.37. The predicted octanol–water partition coefficient (Wildman–Crippen LogP) is 2.00. The number of carbonyl (C=O) groups is 2. The second kappa shape index (κ2) is 5.05. The summed E-state index contributed by atoms with van der Waals surface area (Å²) >= 11 is 0. The van der Waals surface area contributed by atoms with Crippen LogP contribution in [-0.4, -0.2) is 24.1 Å². The summed E-state index contributed by atoms with van der Waals surface area (Å²) in [7, 11) is 1.31. The largest absolute Gasteiger partial charge is 0.469 e. The summed E-state index contributed by atoms with van der Waals surface area (Å²) < 4.78 is 10.0. The average Bonchev–Trinajstić information content (AvgIpc) is 2.82. The highest BCUT2D eigenvalue weighted by atomic mass is 16.5. The molecule has 0 bridgehead atoms. The quantitative estimate of drug-likeness (QED) is 0.854. The summed E-state index contributed by atoms with van der Waals surface area (Å²) in [6.45, 7) is 1.81. The molecule has 1 aromatic carbocycles. The van der Waals surface area contributed by atoms with Crippen LogP contribution in [0.15, 0.2) is 28.8 Å². The number of benzene rings is 1. The van der Waals surface area contributed by atoms with Gasteiger partial charge >= 0.3 is 5.97 Å². The molecule has 1 N–H and O–H groups in total. The highest BCUT2D eigenvalue weighted by molar-refractivity contribution is 6.03. The van der Waals surface area contributed by atoms with Crippen molar-refractivity contribution in [2.75, 3.05) is 7.11 Å². The van der Waals surface area contributed by atoms with Crippen LogP contribution in [0.25, 0.3) is 11.1 Å². The van der Waals surface area contributed by atoms with Crippen molar-refractivity contribution >= 4 is 11.9 Å². The van der Waals surface area contributed by atoms with Gasteiger partial charge in [-0.1, -0.05) is 23.4 Å². The number of methoxy groups -OCH3 is 1. The van der Waals surface area contributed by atoms with E-state index in [9.17, 15) is 9.59 Å². The van der Waals surface area contributed by atoms with Crippen molar-refractivity contribution in [1.29, 1.82) is 0 Å². The number of fused-ring (bicyclic) bond motifs is 3. The Hall–Kier alpha value is -2.63. The van der Waals surface area contributed by atoms with Crippen LogP contribution in [0.5, 0.6) is 0 Å². The molecular weight excluding hydrogens is 272 g/mol. The summed E-state index contributed by atoms with van der Waals surface area (Å²) in [6, 6.07) is 6.64. The molecule has 0 saturated carbocycles. The van der Waals surface area contributed by atoms with E-state index >= 15 is 0 Å². The number of hydrogen-bond acceptors (Lipinski definition) is 5. The predicted molar refractivity (Wildman–Crippen MR) is 73.5 cm³/mol. The smallest absolute Gasteiger partial charge is 0.308 e. The van der Waals surface area contributed by atoms with E-state index in [0.29, 0.717) is 17.0 Å². The normalized spacial score (nSPS) is 16.5. The maximum absolute atomic E-state index is 12.3. The molecule has 6 heteroatoms. The van der Waals surface area contributed by atoms with E-state index in [4.69, 9.17) is 4.52 Å². The van der Waals surface area contributed by atoms with Gasteiger partial charge in [0.1, 0.15) is 6.04 Å². The number of amides is 1. The number of ether oxygens (including phenoxy) is 1. The van der Waals surface area contributed by atoms with Crippen molar-refractivity contribution in [1.82, 2.24) is 10.5 Å². The highest BCUT2D eigenvalue weighted by Gasteiger charge is 2.33. The van der Waals surface area contributed by atoms with Crippen LogP contribution in [0.3, 0.4) is 0 Å². The zero-order valence-electron chi connectivity index (χ0n) is 11.7. The lowest BCUT2D eigenvalue weighted by molar-refractivity contribution is -0.141. The van der Waals surface area contributed by atoms with Gasteiger partial charge in [-0.25, -0.2) is 0 Å². The van der Waals surface area contributed by atoms with E-state index in [0.717, 1.165) is 11.1 Å². The van der Waals surface area contributed by atoms with Crippen LogP contribution in [-0.2, 0) is 9.53 Å². The Morgan fingerprint density at radius 3 is 2.81 bits per heavy atom. The molecular formula is C15H14N2O4. The fraction of sp³-hybridized carbons (Fsp3) is 0.267. The minimum atomic E-state index is -0.589. The molecule has 2 heterocycles. The minimum Gasteiger partial charge on any atom is -0.469 e. The van der Waals surface area contributed by atoms with Crippen molar-refractivity contribution in [3.05, 3.63) is 41.3 Å². The van der Waals surface area contributed by atoms with Crippen molar-refractivity contribution in [2.24, 2.45) is 0 Å². The molecule has 0 radical (unpaired) electrons. The maximum atomic E-state index is 12.3. The fourth-order valence-electron chi connectivity index (χ4n) is 2.55. The summed E-state index contributed by atoms with van der Waals surface area (Å²) in [5.74, 6) is -0.187. The number of nitrogens with one attached hydrogen (secondary N) is 1. The van der Waals surface area contributed by atoms with Gasteiger partial charge in [0.05, 0.1) is 24.8 Å². The first kappa shape index (κ1) is 13.4. The van der Waals surface area contributed by atoms with Gasteiger partial charge in [-0.05, 0) is 18.6 Å². The molecule has 0 saturated heterocycles. The Morgan fingerprint density at radius 1 is 1.38 bits per heavy atom. The summed E-state index contributed by atoms with van der Waals surface area (Å²) in [4.78, 5) is 23.9. The SMILES string of the molecule is COC(=O)CC1NC(=O)c2ccccc2-c2c(C)noc21. The first-order valence-corrected chi connectivity index (χ1v) is 6.55. The van der Waals surface area contributed by atoms with Crippen molar-refractivity contribution in [2.45, 2.75) is 19.4 Å². The van der Waals surface area contributed by atoms with Crippen molar-refractivity contribution in [3.8, 4) is 11.1 Å². The number of hydrogen-bond donors (Lipinski definition) is 1. The van der Waals surface area contributed by atoms with Gasteiger partial charge in [0.2, 0.25) is 0 Å². The monoisotopic (exact) mass is 286 g/mol. The van der Waals surface area contributed by atoms with E-state index in [1.165, 1.54) is 7.11 Å². The van der Waals surface area contributed by atoms with Crippen molar-refractivity contribution in [3.63, 3.8) is 0 Å². The molecule has 6 nitrogen and oxygen atoms in total. The molecule has 1 aliphatic rings. The Labute approximate surface area is 121 Å². The van der Waals surface area contributed by atoms with Crippen LogP contribution >= 0.6 is 0 Å². The topological polar surface area (TPSA) is 81.4 Å². The van der Waals surface area contributed by atoms with Crippen LogP contribution in [0, 0.1) is 6.92 Å². The van der Waals surface area contributed by atoms with E-state index in [2.05, 4.69) is 15.2 Å². The van der Waals surface area contributed by atoms with E-state index < -0.39 is 12.0 Å². The molecule has 0 aliphatic carbocycles. The third-order valence-corrected chi connectivity index (χ3v) is 3.55. The lowest BCUT2D eigenvalue weighted by Crippen LogP contribution is -2.29. The number of aromatic nitrogens is 1. The number of nitrogens with zero attached hydrogens (tertiary/aromatic N) is 1. The number of esters is 1. The fourth-order valence-corrected chi connectivity index (χ4v) is 2.55. The summed E-state index contributed by atoms with van der Waals surface area (Å²) in [6.07, 6.45) is -0.00212. The lowest BCUT2D eigenvalue weighted by Gasteiger charge is -2.13. The summed E-state index contributed by atoms with van der Waals surface area (Å²) in [5, 5.41) is 6.77.